The van der Waals surface area contributed by atoms with Crippen molar-refractivity contribution in [2.24, 2.45) is 0 Å². The molecule has 1 aromatic carbocycles. The zero-order chi connectivity index (χ0) is 9.90. The Morgan fingerprint density at radius 2 is 2.00 bits per heavy atom. The first-order valence-corrected chi connectivity index (χ1v) is 4.22. The van der Waals surface area contributed by atoms with Gasteiger partial charge in [0.1, 0.15) is 6.29 Å². The van der Waals surface area contributed by atoms with Crippen LogP contribution >= 0.6 is 0 Å². The molecule has 0 atom stereocenters. The largest absolute Gasteiger partial charge is 0.298 e. The van der Waals surface area contributed by atoms with Gasteiger partial charge in [-0.25, -0.2) is 0 Å². The fraction of sp³-hybridized carbons (Fsp3) is 0.364. The second-order valence-electron chi connectivity index (χ2n) is 3.72. The summed E-state index contributed by atoms with van der Waals surface area (Å²) in [6.45, 7) is 3.11. The monoisotopic (exact) mass is 180 g/mol. The van der Waals surface area contributed by atoms with Gasteiger partial charge in [-0.15, -0.1) is 0 Å². The van der Waals surface area contributed by atoms with E-state index in [1.165, 1.54) is 0 Å². The topological polar surface area (TPSA) is 17.1 Å². The van der Waals surface area contributed by atoms with E-state index in [0.717, 1.165) is 11.8 Å². The maximum Gasteiger partial charge on any atom is 0.150 e. The number of carbonyl (C=O) groups excluding carboxylic acids is 1. The molecule has 0 saturated heterocycles. The Hall–Kier alpha value is -1.18. The third-order valence-corrected chi connectivity index (χ3v) is 2.15. The molecule has 0 bridgehead atoms. The smallest absolute Gasteiger partial charge is 0.150 e. The van der Waals surface area contributed by atoms with Crippen LogP contribution in [0.1, 0.15) is 29.8 Å². The maximum atomic E-state index is 12.7. The summed E-state index contributed by atoms with van der Waals surface area (Å²) in [6.07, 6.45) is 0.771. The molecule has 0 aliphatic rings. The summed E-state index contributed by atoms with van der Waals surface area (Å²) in [5, 5.41) is 0. The highest BCUT2D eigenvalue weighted by molar-refractivity contribution is 5.77. The van der Waals surface area contributed by atoms with Gasteiger partial charge < -0.3 is 0 Å². The summed E-state index contributed by atoms with van der Waals surface area (Å²) < 4.78 is 12.7. The molecule has 0 aliphatic carbocycles. The number of halogens is 1. The first-order valence-electron chi connectivity index (χ1n) is 4.22. The summed E-state index contributed by atoms with van der Waals surface area (Å²) in [6, 6.07) is 7.10. The van der Waals surface area contributed by atoms with Crippen molar-refractivity contribution < 1.29 is 9.18 Å². The first-order chi connectivity index (χ1) is 6.11. The zero-order valence-electron chi connectivity index (χ0n) is 7.88. The Kier molecular flexibility index (Phi) is 2.81. The highest BCUT2D eigenvalue weighted by Crippen LogP contribution is 2.25. The summed E-state index contributed by atoms with van der Waals surface area (Å²) in [7, 11) is 0. The van der Waals surface area contributed by atoms with Gasteiger partial charge >= 0.3 is 0 Å². The molecule has 0 spiro atoms. The fourth-order valence-corrected chi connectivity index (χ4v) is 1.29. The number of carbonyl (C=O) groups is 1. The molecule has 0 aromatic heterocycles. The van der Waals surface area contributed by atoms with E-state index in [9.17, 15) is 9.18 Å². The Bertz CT molecular complexity index is 305. The van der Waals surface area contributed by atoms with Crippen molar-refractivity contribution in [3.63, 3.8) is 0 Å². The highest BCUT2D eigenvalue weighted by Gasteiger charge is 2.22. The molecule has 0 amide bonds. The number of hydrogen-bond acceptors (Lipinski definition) is 1. The van der Waals surface area contributed by atoms with Crippen LogP contribution in [-0.4, -0.2) is 13.0 Å². The van der Waals surface area contributed by atoms with E-state index in [2.05, 4.69) is 0 Å². The van der Waals surface area contributed by atoms with Gasteiger partial charge in [0.25, 0.3) is 0 Å². The minimum absolute atomic E-state index is 0.460. The molecular weight excluding hydrogens is 167 g/mol. The van der Waals surface area contributed by atoms with Crippen molar-refractivity contribution in [2.75, 3.05) is 6.67 Å². The van der Waals surface area contributed by atoms with E-state index in [1.54, 1.807) is 32.0 Å². The van der Waals surface area contributed by atoms with Crippen LogP contribution in [0.2, 0.25) is 0 Å². The molecule has 0 N–H and O–H groups in total. The first kappa shape index (κ1) is 9.90. The SMILES string of the molecule is CC(C)(CF)c1ccccc1C=O. The Morgan fingerprint density at radius 3 is 2.54 bits per heavy atom. The molecule has 0 unspecified atom stereocenters. The Balaban J connectivity index is 3.20. The van der Waals surface area contributed by atoms with E-state index in [1.807, 2.05) is 6.07 Å². The number of benzene rings is 1. The molecule has 1 aromatic rings. The molecule has 0 heterocycles. The summed E-state index contributed by atoms with van der Waals surface area (Å²) in [5.74, 6) is 0. The average molecular weight is 180 g/mol. The van der Waals surface area contributed by atoms with Crippen molar-refractivity contribution in [3.8, 4) is 0 Å². The van der Waals surface area contributed by atoms with Crippen LogP contribution in [0.15, 0.2) is 24.3 Å². The predicted octanol–water partition coefficient (Wildman–Crippen LogP) is 2.75. The van der Waals surface area contributed by atoms with E-state index in [0.29, 0.717) is 5.56 Å². The van der Waals surface area contributed by atoms with Gasteiger partial charge in [-0.05, 0) is 5.56 Å². The lowest BCUT2D eigenvalue weighted by Crippen LogP contribution is -2.21. The normalized spacial score (nSPS) is 11.3. The summed E-state index contributed by atoms with van der Waals surface area (Å²) >= 11 is 0. The van der Waals surface area contributed by atoms with Crippen LogP contribution in [0.3, 0.4) is 0 Å². The lowest BCUT2D eigenvalue weighted by Gasteiger charge is -2.22. The molecule has 70 valence electrons. The Labute approximate surface area is 77.6 Å². The second kappa shape index (κ2) is 3.69. The van der Waals surface area contributed by atoms with Crippen LogP contribution in [0.4, 0.5) is 4.39 Å². The van der Waals surface area contributed by atoms with Crippen LogP contribution in [0.25, 0.3) is 0 Å². The summed E-state index contributed by atoms with van der Waals surface area (Å²) in [5.41, 5.74) is 0.773. The second-order valence-corrected chi connectivity index (χ2v) is 3.72. The quantitative estimate of drug-likeness (QED) is 0.654. The van der Waals surface area contributed by atoms with E-state index >= 15 is 0 Å². The number of aldehydes is 1. The number of rotatable bonds is 3. The minimum Gasteiger partial charge on any atom is -0.298 e. The van der Waals surface area contributed by atoms with Crippen molar-refractivity contribution in [3.05, 3.63) is 35.4 Å². The van der Waals surface area contributed by atoms with Gasteiger partial charge in [-0.1, -0.05) is 38.1 Å². The van der Waals surface area contributed by atoms with Crippen molar-refractivity contribution in [1.82, 2.24) is 0 Å². The third-order valence-electron chi connectivity index (χ3n) is 2.15. The predicted molar refractivity (Wildman–Crippen MR) is 50.8 cm³/mol. The van der Waals surface area contributed by atoms with E-state index in [4.69, 9.17) is 0 Å². The molecular formula is C11H13FO. The van der Waals surface area contributed by atoms with Gasteiger partial charge in [-0.3, -0.25) is 9.18 Å². The van der Waals surface area contributed by atoms with Crippen LogP contribution in [0.5, 0.6) is 0 Å². The minimum atomic E-state index is -0.572. The van der Waals surface area contributed by atoms with Crippen molar-refractivity contribution in [2.45, 2.75) is 19.3 Å². The van der Waals surface area contributed by atoms with Gasteiger partial charge in [0, 0.05) is 11.0 Å². The summed E-state index contributed by atoms with van der Waals surface area (Å²) in [4.78, 5) is 10.7. The fourth-order valence-electron chi connectivity index (χ4n) is 1.29. The molecule has 2 heteroatoms. The van der Waals surface area contributed by atoms with Crippen LogP contribution < -0.4 is 0 Å². The van der Waals surface area contributed by atoms with Crippen LogP contribution in [0, 0.1) is 0 Å². The average Bonchev–Trinajstić information content (AvgIpc) is 2.18. The lowest BCUT2D eigenvalue weighted by molar-refractivity contribution is 0.112. The standard InChI is InChI=1S/C11H13FO/c1-11(2,8-12)10-6-4-3-5-9(10)7-13/h3-7H,8H2,1-2H3. The molecule has 0 radical (unpaired) electrons. The van der Waals surface area contributed by atoms with E-state index < -0.39 is 12.1 Å². The lowest BCUT2D eigenvalue weighted by atomic mass is 9.83. The van der Waals surface area contributed by atoms with Crippen molar-refractivity contribution >= 4 is 6.29 Å². The molecule has 0 fully saturated rings. The Morgan fingerprint density at radius 1 is 1.38 bits per heavy atom. The van der Waals surface area contributed by atoms with Gasteiger partial charge in [0.2, 0.25) is 0 Å². The molecule has 0 aliphatic heterocycles. The van der Waals surface area contributed by atoms with Gasteiger partial charge in [-0.2, -0.15) is 0 Å². The molecule has 13 heavy (non-hydrogen) atoms. The van der Waals surface area contributed by atoms with E-state index in [-0.39, 0.29) is 0 Å². The maximum absolute atomic E-state index is 12.7. The number of alkyl halides is 1. The zero-order valence-corrected chi connectivity index (χ0v) is 7.88. The molecule has 1 nitrogen and oxygen atoms in total. The van der Waals surface area contributed by atoms with Crippen LogP contribution in [-0.2, 0) is 5.41 Å². The van der Waals surface area contributed by atoms with Gasteiger partial charge in [0.05, 0.1) is 6.67 Å². The molecule has 0 saturated carbocycles. The molecule has 1 rings (SSSR count). The third kappa shape index (κ3) is 1.94. The van der Waals surface area contributed by atoms with Gasteiger partial charge in [0.15, 0.2) is 0 Å². The highest BCUT2D eigenvalue weighted by atomic mass is 19.1. The number of hydrogen-bond donors (Lipinski definition) is 0. The van der Waals surface area contributed by atoms with Crippen molar-refractivity contribution in [1.29, 1.82) is 0 Å².